The van der Waals surface area contributed by atoms with Crippen LogP contribution in [0.2, 0.25) is 0 Å². The quantitative estimate of drug-likeness (QED) is 0.848. The van der Waals surface area contributed by atoms with Crippen molar-refractivity contribution in [1.29, 1.82) is 0 Å². The number of hydrogen-bond acceptors (Lipinski definition) is 3. The minimum atomic E-state index is 0.412. The van der Waals surface area contributed by atoms with Gasteiger partial charge < -0.3 is 10.6 Å². The van der Waals surface area contributed by atoms with Crippen LogP contribution >= 0.6 is 12.2 Å². The zero-order valence-corrected chi connectivity index (χ0v) is 11.7. The second-order valence-corrected chi connectivity index (χ2v) is 5.29. The number of thiocarbonyl (C=S) groups is 1. The van der Waals surface area contributed by atoms with Crippen molar-refractivity contribution in [2.75, 3.05) is 11.4 Å². The fraction of sp³-hybridized carbons (Fsp3) is 0.571. The van der Waals surface area contributed by atoms with Crippen LogP contribution in [0.1, 0.15) is 44.6 Å². The molecule has 0 saturated heterocycles. The lowest BCUT2D eigenvalue weighted by Crippen LogP contribution is -2.37. The van der Waals surface area contributed by atoms with Crippen molar-refractivity contribution < 1.29 is 0 Å². The van der Waals surface area contributed by atoms with Crippen LogP contribution in [0.15, 0.2) is 18.3 Å². The summed E-state index contributed by atoms with van der Waals surface area (Å²) >= 11 is 4.95. The Morgan fingerprint density at radius 2 is 2.11 bits per heavy atom. The first-order chi connectivity index (χ1) is 8.72. The third-order valence-electron chi connectivity index (χ3n) is 3.68. The molecule has 1 aliphatic rings. The summed E-state index contributed by atoms with van der Waals surface area (Å²) < 4.78 is 0. The minimum absolute atomic E-state index is 0.412. The minimum Gasteiger partial charge on any atom is -0.389 e. The molecule has 0 amide bonds. The van der Waals surface area contributed by atoms with E-state index in [1.165, 1.54) is 32.1 Å². The zero-order valence-electron chi connectivity index (χ0n) is 10.9. The average Bonchev–Trinajstić information content (AvgIpc) is 2.41. The molecule has 0 aromatic carbocycles. The molecule has 0 atom stereocenters. The predicted octanol–water partition coefficient (Wildman–Crippen LogP) is 2.87. The van der Waals surface area contributed by atoms with Gasteiger partial charge in [0.25, 0.3) is 0 Å². The predicted molar refractivity (Wildman–Crippen MR) is 80.0 cm³/mol. The van der Waals surface area contributed by atoms with Crippen LogP contribution in [0.25, 0.3) is 0 Å². The van der Waals surface area contributed by atoms with Crippen LogP contribution in [0.5, 0.6) is 0 Å². The van der Waals surface area contributed by atoms with Gasteiger partial charge in [-0.05, 0) is 31.9 Å². The molecule has 1 heterocycles. The highest BCUT2D eigenvalue weighted by Gasteiger charge is 2.20. The van der Waals surface area contributed by atoms with Crippen molar-refractivity contribution in [1.82, 2.24) is 4.98 Å². The molecule has 1 saturated carbocycles. The maximum Gasteiger partial charge on any atom is 0.128 e. The van der Waals surface area contributed by atoms with Gasteiger partial charge in [0.1, 0.15) is 10.8 Å². The molecule has 1 aliphatic carbocycles. The molecule has 0 unspecified atom stereocenters. The van der Waals surface area contributed by atoms with E-state index in [4.69, 9.17) is 18.0 Å². The van der Waals surface area contributed by atoms with Gasteiger partial charge >= 0.3 is 0 Å². The second-order valence-electron chi connectivity index (χ2n) is 4.85. The Morgan fingerprint density at radius 1 is 1.39 bits per heavy atom. The number of nitrogens with zero attached hydrogens (tertiary/aromatic N) is 2. The molecule has 0 bridgehead atoms. The SMILES string of the molecule is CCN(c1ccc(C(N)=S)cn1)C1CCCCC1. The molecule has 2 N–H and O–H groups in total. The third kappa shape index (κ3) is 2.99. The number of nitrogens with two attached hydrogens (primary N) is 1. The molecule has 98 valence electrons. The first kappa shape index (κ1) is 13.3. The molecule has 2 rings (SSSR count). The van der Waals surface area contributed by atoms with Gasteiger partial charge in [0.05, 0.1) is 0 Å². The summed E-state index contributed by atoms with van der Waals surface area (Å²) in [7, 11) is 0. The molecule has 4 heteroatoms. The van der Waals surface area contributed by atoms with Crippen LogP contribution in [0.3, 0.4) is 0 Å². The number of rotatable bonds is 4. The first-order valence-electron chi connectivity index (χ1n) is 6.75. The second kappa shape index (κ2) is 6.14. The maximum atomic E-state index is 5.59. The Bertz CT molecular complexity index is 396. The highest BCUT2D eigenvalue weighted by Crippen LogP contribution is 2.26. The molecule has 0 radical (unpaired) electrons. The molecule has 1 aromatic heterocycles. The van der Waals surface area contributed by atoms with Gasteiger partial charge in [-0.25, -0.2) is 4.98 Å². The van der Waals surface area contributed by atoms with Crippen LogP contribution in [-0.4, -0.2) is 22.6 Å². The Kier molecular flexibility index (Phi) is 4.53. The first-order valence-corrected chi connectivity index (χ1v) is 7.15. The summed E-state index contributed by atoms with van der Waals surface area (Å²) in [6, 6.07) is 4.65. The Labute approximate surface area is 114 Å². The largest absolute Gasteiger partial charge is 0.389 e. The average molecular weight is 263 g/mol. The Balaban J connectivity index is 2.13. The molecule has 0 aliphatic heterocycles. The zero-order chi connectivity index (χ0) is 13.0. The Morgan fingerprint density at radius 3 is 2.61 bits per heavy atom. The van der Waals surface area contributed by atoms with E-state index in [9.17, 15) is 0 Å². The van der Waals surface area contributed by atoms with Gasteiger partial charge in [-0.15, -0.1) is 0 Å². The standard InChI is InChI=1S/C14H21N3S/c1-2-17(12-6-4-3-5-7-12)13-9-8-11(10-16-13)14(15)18/h8-10,12H,2-7H2,1H3,(H2,15,18). The lowest BCUT2D eigenvalue weighted by atomic mass is 9.94. The van der Waals surface area contributed by atoms with E-state index < -0.39 is 0 Å². The fourth-order valence-electron chi connectivity index (χ4n) is 2.70. The van der Waals surface area contributed by atoms with Crippen molar-refractivity contribution in [3.8, 4) is 0 Å². The number of hydrogen-bond donors (Lipinski definition) is 1. The van der Waals surface area contributed by atoms with E-state index >= 15 is 0 Å². The van der Waals surface area contributed by atoms with E-state index in [1.54, 1.807) is 6.20 Å². The van der Waals surface area contributed by atoms with Crippen molar-refractivity contribution in [2.45, 2.75) is 45.1 Å². The van der Waals surface area contributed by atoms with E-state index in [-0.39, 0.29) is 0 Å². The van der Waals surface area contributed by atoms with Gasteiger partial charge in [0.2, 0.25) is 0 Å². The topological polar surface area (TPSA) is 42.1 Å². The van der Waals surface area contributed by atoms with Crippen molar-refractivity contribution in [2.24, 2.45) is 5.73 Å². The van der Waals surface area contributed by atoms with E-state index in [1.807, 2.05) is 12.1 Å². The monoisotopic (exact) mass is 263 g/mol. The maximum absolute atomic E-state index is 5.59. The van der Waals surface area contributed by atoms with Gasteiger partial charge in [0, 0.05) is 24.3 Å². The number of aromatic nitrogens is 1. The molecule has 1 fully saturated rings. The summed E-state index contributed by atoms with van der Waals surface area (Å²) in [4.78, 5) is 7.32. The molecular formula is C14H21N3S. The normalized spacial score (nSPS) is 16.5. The van der Waals surface area contributed by atoms with E-state index in [0.29, 0.717) is 11.0 Å². The smallest absolute Gasteiger partial charge is 0.128 e. The molecule has 18 heavy (non-hydrogen) atoms. The summed E-state index contributed by atoms with van der Waals surface area (Å²) in [5, 5.41) is 0. The van der Waals surface area contributed by atoms with Crippen molar-refractivity contribution in [3.05, 3.63) is 23.9 Å². The molecular weight excluding hydrogens is 242 g/mol. The lowest BCUT2D eigenvalue weighted by molar-refractivity contribution is 0.416. The van der Waals surface area contributed by atoms with Crippen LogP contribution in [-0.2, 0) is 0 Å². The summed E-state index contributed by atoms with van der Waals surface area (Å²) in [6.07, 6.45) is 8.41. The number of anilines is 1. The summed E-state index contributed by atoms with van der Waals surface area (Å²) in [6.45, 7) is 3.20. The lowest BCUT2D eigenvalue weighted by Gasteiger charge is -2.34. The van der Waals surface area contributed by atoms with Gasteiger partial charge in [-0.3, -0.25) is 0 Å². The number of pyridine rings is 1. The van der Waals surface area contributed by atoms with E-state index in [0.717, 1.165) is 17.9 Å². The molecule has 0 spiro atoms. The van der Waals surface area contributed by atoms with Gasteiger partial charge in [0.15, 0.2) is 0 Å². The summed E-state index contributed by atoms with van der Waals surface area (Å²) in [5.41, 5.74) is 6.43. The third-order valence-corrected chi connectivity index (χ3v) is 3.92. The Hall–Kier alpha value is -1.16. The van der Waals surface area contributed by atoms with Crippen LogP contribution in [0, 0.1) is 0 Å². The highest BCUT2D eigenvalue weighted by molar-refractivity contribution is 7.80. The van der Waals surface area contributed by atoms with Gasteiger partial charge in [-0.2, -0.15) is 0 Å². The van der Waals surface area contributed by atoms with E-state index in [2.05, 4.69) is 16.8 Å². The van der Waals surface area contributed by atoms with Crippen LogP contribution < -0.4 is 10.6 Å². The van der Waals surface area contributed by atoms with Crippen molar-refractivity contribution >= 4 is 23.0 Å². The molecule has 1 aromatic rings. The van der Waals surface area contributed by atoms with Crippen LogP contribution in [0.4, 0.5) is 5.82 Å². The van der Waals surface area contributed by atoms with Crippen molar-refractivity contribution in [3.63, 3.8) is 0 Å². The highest BCUT2D eigenvalue weighted by atomic mass is 32.1. The molecule has 3 nitrogen and oxygen atoms in total. The van der Waals surface area contributed by atoms with Gasteiger partial charge in [-0.1, -0.05) is 31.5 Å². The fourth-order valence-corrected chi connectivity index (χ4v) is 2.82. The summed E-state index contributed by atoms with van der Waals surface area (Å²) in [5.74, 6) is 1.05.